The second kappa shape index (κ2) is 5.45. The zero-order valence-electron chi connectivity index (χ0n) is 8.18. The van der Waals surface area contributed by atoms with Gasteiger partial charge in [0.1, 0.15) is 0 Å². The maximum atomic E-state index is 13.0. The smallest absolute Gasteiger partial charge is 0.349 e. The molecule has 18 heavy (non-hydrogen) atoms. The van der Waals surface area contributed by atoms with Crippen LogP contribution in [0.1, 0.15) is 0 Å². The van der Waals surface area contributed by atoms with Gasteiger partial charge in [0.15, 0.2) is 12.3 Å². The lowest BCUT2D eigenvalue weighted by Gasteiger charge is -2.34. The molecule has 2 unspecified atom stereocenters. The Bertz CT molecular complexity index is 342. The summed E-state index contributed by atoms with van der Waals surface area (Å²) < 4.78 is 84.9. The molecule has 0 aliphatic rings. The minimum atomic E-state index is -6.49. The third-order valence-corrected chi connectivity index (χ3v) is 3.76. The van der Waals surface area contributed by atoms with Crippen LogP contribution in [0, 0.1) is 0 Å². The molecule has 0 bridgehead atoms. The fraction of sp³-hybridized carbons (Fsp3) is 0.833. The van der Waals surface area contributed by atoms with Crippen LogP contribution < -0.4 is 0 Å². The summed E-state index contributed by atoms with van der Waals surface area (Å²) in [6.45, 7) is 0. The molecule has 0 heterocycles. The van der Waals surface area contributed by atoms with Crippen LogP contribution in [0.3, 0.4) is 0 Å². The van der Waals surface area contributed by atoms with Crippen LogP contribution in [-0.2, 0) is 9.36 Å². The molecule has 0 rings (SSSR count). The Hall–Kier alpha value is -0.800. The summed E-state index contributed by atoms with van der Waals surface area (Å²) in [5.41, 5.74) is 0. The molecule has 0 aromatic heterocycles. The zero-order chi connectivity index (χ0) is 14.9. The van der Waals surface area contributed by atoms with Crippen molar-refractivity contribution in [3.05, 3.63) is 0 Å². The average Bonchev–Trinajstić information content (AvgIpc) is 2.14. The van der Waals surface area contributed by atoms with Gasteiger partial charge in [0.25, 0.3) is 12.9 Å². The van der Waals surface area contributed by atoms with Crippen LogP contribution in [0.4, 0.5) is 26.3 Å². The zero-order valence-corrected chi connectivity index (χ0v) is 9.08. The van der Waals surface area contributed by atoms with E-state index in [-0.39, 0.29) is 0 Å². The number of hydrogen-bond donors (Lipinski definition) is 3. The van der Waals surface area contributed by atoms with Gasteiger partial charge in [0.2, 0.25) is 5.16 Å². The van der Waals surface area contributed by atoms with Crippen LogP contribution in [0.5, 0.6) is 0 Å². The molecule has 2 atom stereocenters. The van der Waals surface area contributed by atoms with E-state index in [1.54, 1.807) is 0 Å². The van der Waals surface area contributed by atoms with Gasteiger partial charge in [-0.15, -0.1) is 0 Å². The van der Waals surface area contributed by atoms with Crippen molar-refractivity contribution in [3.8, 4) is 0 Å². The molecule has 3 N–H and O–H groups in total. The number of carboxylic acids is 1. The predicted molar refractivity (Wildman–Crippen MR) is 44.2 cm³/mol. The summed E-state index contributed by atoms with van der Waals surface area (Å²) in [6.07, 6.45) is -17.4. The molecule has 0 radical (unpaired) electrons. The summed E-state index contributed by atoms with van der Waals surface area (Å²) in [6, 6.07) is 0. The molecular weight excluding hydrogens is 297 g/mol. The molecule has 0 spiro atoms. The van der Waals surface area contributed by atoms with Crippen molar-refractivity contribution < 1.29 is 50.6 Å². The first-order valence-corrected chi connectivity index (χ1v) is 5.65. The summed E-state index contributed by atoms with van der Waals surface area (Å²) in [4.78, 5) is 27.6. The number of carbonyl (C=O) groups is 1. The maximum Gasteiger partial charge on any atom is 0.349 e. The van der Waals surface area contributed by atoms with E-state index >= 15 is 0 Å². The molecular formula is C6H7F6O5P. The maximum absolute atomic E-state index is 13.0. The quantitative estimate of drug-likeness (QED) is 0.506. The summed E-state index contributed by atoms with van der Waals surface area (Å²) in [5, 5.41) is 3.51. The first-order valence-electron chi connectivity index (χ1n) is 4.04. The first-order chi connectivity index (χ1) is 7.90. The lowest BCUT2D eigenvalue weighted by Crippen LogP contribution is -2.59. The first kappa shape index (κ1) is 17.2. The van der Waals surface area contributed by atoms with Crippen molar-refractivity contribution in [2.75, 3.05) is 0 Å². The van der Waals surface area contributed by atoms with Gasteiger partial charge < -0.3 is 14.9 Å². The van der Waals surface area contributed by atoms with Crippen LogP contribution in [0.15, 0.2) is 0 Å². The minimum Gasteiger partial charge on any atom is -0.480 e. The fourth-order valence-corrected chi connectivity index (χ4v) is 2.34. The van der Waals surface area contributed by atoms with E-state index in [2.05, 4.69) is 0 Å². The Morgan fingerprint density at radius 2 is 1.22 bits per heavy atom. The Kier molecular flexibility index (Phi) is 5.21. The normalized spacial score (nSPS) is 19.7. The highest BCUT2D eigenvalue weighted by atomic mass is 31.2. The van der Waals surface area contributed by atoms with Crippen molar-refractivity contribution in [2.45, 2.75) is 30.4 Å². The van der Waals surface area contributed by atoms with Gasteiger partial charge in [-0.2, -0.15) is 0 Å². The van der Waals surface area contributed by atoms with Gasteiger partial charge in [0.05, 0.1) is 0 Å². The number of carboxylic acid groups (broad SMARTS) is 1. The Morgan fingerprint density at radius 3 is 1.33 bits per heavy atom. The van der Waals surface area contributed by atoms with E-state index in [0.717, 1.165) is 0 Å². The third-order valence-electron chi connectivity index (χ3n) is 2.11. The Morgan fingerprint density at radius 1 is 0.944 bits per heavy atom. The Balaban J connectivity index is 6.08. The second-order valence-electron chi connectivity index (χ2n) is 3.15. The topological polar surface area (TPSA) is 94.8 Å². The van der Waals surface area contributed by atoms with E-state index in [9.17, 15) is 35.7 Å². The van der Waals surface area contributed by atoms with Crippen LogP contribution in [0.25, 0.3) is 0 Å². The lowest BCUT2D eigenvalue weighted by atomic mass is 9.97. The largest absolute Gasteiger partial charge is 0.480 e. The van der Waals surface area contributed by atoms with E-state index in [1.165, 1.54) is 0 Å². The van der Waals surface area contributed by atoms with E-state index in [1.807, 2.05) is 0 Å². The van der Waals surface area contributed by atoms with Gasteiger partial charge in [-0.3, -0.25) is 9.36 Å². The van der Waals surface area contributed by atoms with E-state index in [4.69, 9.17) is 14.9 Å². The van der Waals surface area contributed by atoms with Crippen molar-refractivity contribution in [1.29, 1.82) is 0 Å². The monoisotopic (exact) mass is 304 g/mol. The van der Waals surface area contributed by atoms with Gasteiger partial charge in [-0.25, -0.2) is 26.3 Å². The molecule has 0 fully saturated rings. The number of alkyl halides is 6. The average molecular weight is 304 g/mol. The molecule has 0 amide bonds. The van der Waals surface area contributed by atoms with Crippen LogP contribution >= 0.6 is 7.60 Å². The number of rotatable bonds is 6. The van der Waals surface area contributed by atoms with Gasteiger partial charge in [-0.1, -0.05) is 0 Å². The van der Waals surface area contributed by atoms with Gasteiger partial charge >= 0.3 is 13.6 Å². The SMILES string of the molecule is O=C(O)C(C(F)C(F)F)(C(F)C(F)F)P(=O)(O)O. The number of halogens is 6. The summed E-state index contributed by atoms with van der Waals surface area (Å²) >= 11 is 0. The molecule has 12 heteroatoms. The van der Waals surface area contributed by atoms with Crippen LogP contribution in [-0.4, -0.2) is 51.2 Å². The molecule has 108 valence electrons. The molecule has 0 aliphatic heterocycles. The van der Waals surface area contributed by atoms with Crippen molar-refractivity contribution in [3.63, 3.8) is 0 Å². The molecule has 0 saturated carbocycles. The minimum absolute atomic E-state index is 3.11. The van der Waals surface area contributed by atoms with Gasteiger partial charge in [-0.05, 0) is 0 Å². The van der Waals surface area contributed by atoms with Gasteiger partial charge in [0, 0.05) is 0 Å². The third kappa shape index (κ3) is 2.62. The number of hydrogen-bond acceptors (Lipinski definition) is 2. The lowest BCUT2D eigenvalue weighted by molar-refractivity contribution is -0.153. The Labute approximate surface area is 95.6 Å². The number of aliphatic carboxylic acids is 1. The van der Waals surface area contributed by atoms with Crippen molar-refractivity contribution >= 4 is 13.6 Å². The molecule has 0 saturated heterocycles. The van der Waals surface area contributed by atoms with Crippen LogP contribution in [0.2, 0.25) is 0 Å². The molecule has 0 aromatic carbocycles. The molecule has 0 aromatic rings. The fourth-order valence-electron chi connectivity index (χ4n) is 1.22. The van der Waals surface area contributed by atoms with E-state index < -0.39 is 43.9 Å². The molecule has 5 nitrogen and oxygen atoms in total. The molecule has 0 aliphatic carbocycles. The second-order valence-corrected chi connectivity index (χ2v) is 4.98. The highest BCUT2D eigenvalue weighted by molar-refractivity contribution is 7.55. The summed E-state index contributed by atoms with van der Waals surface area (Å²) in [7, 11) is -6.49. The highest BCUT2D eigenvalue weighted by Gasteiger charge is 2.70. The predicted octanol–water partition coefficient (Wildman–Crippen LogP) is 1.19. The summed E-state index contributed by atoms with van der Waals surface area (Å²) in [5.74, 6) is -3.11. The van der Waals surface area contributed by atoms with Crippen molar-refractivity contribution in [1.82, 2.24) is 0 Å². The van der Waals surface area contributed by atoms with Crippen molar-refractivity contribution in [2.24, 2.45) is 0 Å². The standard InChI is InChI=1S/C6H7F6O5P/c7-1(3(9)10)6(5(13)14,18(15,16)17)2(8)4(11)12/h1-4H,(H,13,14)(H2,15,16,17). The van der Waals surface area contributed by atoms with E-state index in [0.29, 0.717) is 0 Å². The highest BCUT2D eigenvalue weighted by Crippen LogP contribution is 2.58.